The maximum absolute atomic E-state index is 13.1. The van der Waals surface area contributed by atoms with Gasteiger partial charge in [-0.25, -0.2) is 28.5 Å². The first kappa shape index (κ1) is 64.8. The van der Waals surface area contributed by atoms with Crippen molar-refractivity contribution < 1.29 is 68.8 Å². The Morgan fingerprint density at radius 2 is 1.54 bits per heavy atom. The van der Waals surface area contributed by atoms with Gasteiger partial charge in [0.1, 0.15) is 47.2 Å². The first-order valence-corrected chi connectivity index (χ1v) is 25.4. The van der Waals surface area contributed by atoms with E-state index < -0.39 is 96.1 Å². The zero-order chi connectivity index (χ0) is 60.8. The fourth-order valence-electron chi connectivity index (χ4n) is 7.63. The SMILES string of the molecule is CC1COC(Cn2cncn2)(c2ccc(Oc3ccc(Cl)cc3)cc2Cl)O1.CON(C(=O)c1cn(C)nc1C(F)F)C(C)Cc1c(Cl)cc(Cl)cc1Cl.O=[N+]([O-])c1cc(C(F)(F)F)c(Cl)c([N+](=O)[O-])c1Nc1ncc(C(F)(F)F)cc1Cl. The molecule has 1 N–H and O–H groups in total. The van der Waals surface area contributed by atoms with E-state index in [2.05, 4.69) is 20.2 Å². The van der Waals surface area contributed by atoms with E-state index >= 15 is 0 Å². The zero-order valence-electron chi connectivity index (χ0n) is 41.9. The number of carbonyl (C=O) groups is 1. The quantitative estimate of drug-likeness (QED) is 0.0574. The number of hydroxylamine groups is 2. The van der Waals surface area contributed by atoms with Gasteiger partial charge in [0, 0.05) is 51.2 Å². The molecule has 0 bridgehead atoms. The minimum atomic E-state index is -5.27. The number of nitrogens with one attached hydrogen (secondary N) is 1. The lowest BCUT2D eigenvalue weighted by Gasteiger charge is -2.29. The van der Waals surface area contributed by atoms with E-state index in [-0.39, 0.29) is 30.4 Å². The van der Waals surface area contributed by atoms with Crippen molar-refractivity contribution in [2.75, 3.05) is 19.0 Å². The lowest BCUT2D eigenvalue weighted by molar-refractivity contribution is -0.392. The van der Waals surface area contributed by atoms with Crippen molar-refractivity contribution in [3.8, 4) is 11.5 Å². The molecule has 7 aromatic rings. The number of nitro benzene ring substituents is 2. The number of alkyl halides is 8. The van der Waals surface area contributed by atoms with Crippen LogP contribution in [0.1, 0.15) is 58.6 Å². The van der Waals surface area contributed by atoms with Crippen molar-refractivity contribution in [3.05, 3.63) is 181 Å². The van der Waals surface area contributed by atoms with Crippen LogP contribution in [0.3, 0.4) is 0 Å². The van der Waals surface area contributed by atoms with E-state index in [1.165, 1.54) is 38.8 Å². The van der Waals surface area contributed by atoms with Gasteiger partial charge in [0.2, 0.25) is 5.79 Å². The van der Waals surface area contributed by atoms with Crippen LogP contribution in [-0.2, 0) is 52.5 Å². The number of ether oxygens (including phenoxy) is 3. The molecule has 3 aromatic heterocycles. The number of hydrogen-bond donors (Lipinski definition) is 1. The minimum absolute atomic E-state index is 0.0599. The molecule has 8 rings (SSSR count). The molecule has 82 heavy (non-hydrogen) atoms. The molecule has 0 spiro atoms. The number of halogens is 15. The van der Waals surface area contributed by atoms with E-state index in [1.807, 2.05) is 24.4 Å². The third kappa shape index (κ3) is 15.8. The average molecular weight is 1300 g/mol. The monoisotopic (exact) mass is 1290 g/mol. The van der Waals surface area contributed by atoms with Crippen LogP contribution in [0.4, 0.5) is 58.0 Å². The van der Waals surface area contributed by atoms with Gasteiger partial charge in [-0.2, -0.15) is 36.5 Å². The van der Waals surface area contributed by atoms with Gasteiger partial charge >= 0.3 is 23.7 Å². The molecule has 34 heteroatoms. The van der Waals surface area contributed by atoms with Crippen molar-refractivity contribution in [2.45, 2.75) is 63.5 Å². The normalized spacial score (nSPS) is 15.5. The summed E-state index contributed by atoms with van der Waals surface area (Å²) in [5.74, 6) is -1.20. The van der Waals surface area contributed by atoms with Gasteiger partial charge in [-0.1, -0.05) is 81.2 Å². The summed E-state index contributed by atoms with van der Waals surface area (Å²) < 4.78 is 124. The molecule has 1 fully saturated rings. The van der Waals surface area contributed by atoms with Crippen molar-refractivity contribution in [1.29, 1.82) is 0 Å². The third-order valence-electron chi connectivity index (χ3n) is 11.2. The van der Waals surface area contributed by atoms with Crippen LogP contribution in [0.25, 0.3) is 0 Å². The summed E-state index contributed by atoms with van der Waals surface area (Å²) in [5, 5.41) is 33.1. The van der Waals surface area contributed by atoms with Gasteiger partial charge in [-0.3, -0.25) is 34.5 Å². The molecule has 4 aromatic carbocycles. The summed E-state index contributed by atoms with van der Waals surface area (Å²) in [6.45, 7) is 4.44. The third-order valence-corrected chi connectivity index (χ3v) is 13.3. The van der Waals surface area contributed by atoms with Gasteiger partial charge in [0.25, 0.3) is 12.3 Å². The second-order valence-corrected chi connectivity index (χ2v) is 19.9. The Hall–Kier alpha value is -6.40. The van der Waals surface area contributed by atoms with Crippen LogP contribution in [0.2, 0.25) is 35.2 Å². The maximum atomic E-state index is 13.1. The van der Waals surface area contributed by atoms with Gasteiger partial charge in [0.05, 0.1) is 62.4 Å². The Morgan fingerprint density at radius 1 is 0.890 bits per heavy atom. The second kappa shape index (κ2) is 26.9. The number of carbonyl (C=O) groups excluding carboxylic acids is 1. The van der Waals surface area contributed by atoms with Crippen LogP contribution in [0, 0.1) is 20.2 Å². The Balaban J connectivity index is 0.000000198. The summed E-state index contributed by atoms with van der Waals surface area (Å²) in [4.78, 5) is 44.7. The number of rotatable bonds is 15. The summed E-state index contributed by atoms with van der Waals surface area (Å²) in [6.07, 6.45) is -8.25. The molecule has 0 radical (unpaired) electrons. The topological polar surface area (TPSA) is 217 Å². The number of aryl methyl sites for hydroxylation is 1. The zero-order valence-corrected chi connectivity index (χ0v) is 47.2. The number of nitro groups is 2. The number of benzene rings is 4. The van der Waals surface area contributed by atoms with E-state index in [9.17, 15) is 60.1 Å². The molecule has 3 atom stereocenters. The highest BCUT2D eigenvalue weighted by atomic mass is 35.5. The predicted molar refractivity (Wildman–Crippen MR) is 284 cm³/mol. The second-order valence-electron chi connectivity index (χ2n) is 17.1. The highest BCUT2D eigenvalue weighted by Gasteiger charge is 2.45. The Morgan fingerprint density at radius 3 is 2.05 bits per heavy atom. The number of pyridine rings is 1. The molecular formula is C48H37Cl7F8N10O9. The van der Waals surface area contributed by atoms with Crippen LogP contribution < -0.4 is 10.1 Å². The Labute approximate surface area is 492 Å². The molecule has 0 saturated carbocycles. The van der Waals surface area contributed by atoms with Crippen molar-refractivity contribution in [3.63, 3.8) is 0 Å². The molecule has 1 aliphatic rings. The highest BCUT2D eigenvalue weighted by molar-refractivity contribution is 6.39. The van der Waals surface area contributed by atoms with Gasteiger partial charge in [-0.15, -0.1) is 0 Å². The summed E-state index contributed by atoms with van der Waals surface area (Å²) in [5.41, 5.74) is -6.81. The maximum Gasteiger partial charge on any atom is 0.418 e. The molecule has 4 heterocycles. The standard InChI is InChI=1S/C19H17Cl2N3O3.C16H16Cl3F2N3O2.C13H4Cl2F6N4O4/c1-13-9-25-19(27-13,10-24-12-22-11-23-24)17-7-6-16(8-18(17)21)26-15-4-2-14(20)3-5-15;1-8(4-10-12(18)5-9(17)6-13(10)19)24(26-3)16(25)11-7-23(2)22-14(11)15(20)21;14-6-1-4(12(16,17)18)3-22-11(6)23-9-7(24(26)27)2-5(13(19,20)21)8(15)10(9)25(28)29/h2-8,11-13H,9-10H2,1H3;5-8,15H,4H2,1-3H3;1-3H,(H,22,23). The highest BCUT2D eigenvalue weighted by Crippen LogP contribution is 2.49. The number of amides is 1. The van der Waals surface area contributed by atoms with Crippen LogP contribution >= 0.6 is 81.2 Å². The first-order chi connectivity index (χ1) is 38.3. The van der Waals surface area contributed by atoms with Crippen LogP contribution in [0.15, 0.2) is 91.8 Å². The van der Waals surface area contributed by atoms with Crippen LogP contribution in [-0.4, -0.2) is 76.2 Å². The molecule has 3 unspecified atom stereocenters. The molecule has 0 aliphatic carbocycles. The largest absolute Gasteiger partial charge is 0.457 e. The summed E-state index contributed by atoms with van der Waals surface area (Å²) in [6, 6.07) is 15.4. The number of aromatic nitrogens is 6. The van der Waals surface area contributed by atoms with Crippen molar-refractivity contribution >= 4 is 110 Å². The van der Waals surface area contributed by atoms with Gasteiger partial charge < -0.3 is 19.5 Å². The Bertz CT molecular complexity index is 3440. The molecule has 438 valence electrons. The van der Waals surface area contributed by atoms with E-state index in [0.29, 0.717) is 67.0 Å². The van der Waals surface area contributed by atoms with Gasteiger partial charge in [-0.05, 0) is 86.5 Å². The van der Waals surface area contributed by atoms with E-state index in [1.54, 1.807) is 48.3 Å². The molecule has 1 amide bonds. The fourth-order valence-corrected chi connectivity index (χ4v) is 9.58. The number of anilines is 2. The number of hydrogen-bond acceptors (Lipinski definition) is 14. The molecule has 1 aliphatic heterocycles. The van der Waals surface area contributed by atoms with E-state index in [0.717, 1.165) is 9.75 Å². The van der Waals surface area contributed by atoms with Crippen molar-refractivity contribution in [1.82, 2.24) is 34.6 Å². The predicted octanol–water partition coefficient (Wildman–Crippen LogP) is 15.6. The summed E-state index contributed by atoms with van der Waals surface area (Å²) >= 11 is 41.8. The average Bonchev–Trinajstić information content (AvgIpc) is 4.26. The number of nitrogens with zero attached hydrogens (tertiary/aromatic N) is 9. The Kier molecular flexibility index (Phi) is 21.2. The first-order valence-electron chi connectivity index (χ1n) is 22.8. The lowest BCUT2D eigenvalue weighted by Crippen LogP contribution is -2.39. The fraction of sp³-hybridized carbons (Fsp3) is 0.271. The molecule has 19 nitrogen and oxygen atoms in total. The molecule has 1 saturated heterocycles. The van der Waals surface area contributed by atoms with Crippen LogP contribution in [0.5, 0.6) is 11.5 Å². The lowest BCUT2D eigenvalue weighted by atomic mass is 10.1. The van der Waals surface area contributed by atoms with Crippen molar-refractivity contribution in [2.24, 2.45) is 7.05 Å². The molecular weight excluding hydrogens is 1260 g/mol. The smallest absolute Gasteiger partial charge is 0.418 e. The van der Waals surface area contributed by atoms with E-state index in [4.69, 9.17) is 100 Å². The summed E-state index contributed by atoms with van der Waals surface area (Å²) in [7, 11) is 2.73. The van der Waals surface area contributed by atoms with Gasteiger partial charge in [0.15, 0.2) is 5.69 Å². The minimum Gasteiger partial charge on any atom is -0.457 e.